The summed E-state index contributed by atoms with van der Waals surface area (Å²) >= 11 is 1.49. The van der Waals surface area contributed by atoms with Crippen molar-refractivity contribution in [3.05, 3.63) is 5.75 Å². The van der Waals surface area contributed by atoms with Crippen molar-refractivity contribution in [2.45, 2.75) is 32.6 Å². The van der Waals surface area contributed by atoms with Gasteiger partial charge in [-0.05, 0) is 6.42 Å². The SMILES string of the molecule is CCCCC[CH]SCO. The highest BCUT2D eigenvalue weighted by molar-refractivity contribution is 8.01. The van der Waals surface area contributed by atoms with Crippen LogP contribution in [0.3, 0.4) is 0 Å². The van der Waals surface area contributed by atoms with E-state index >= 15 is 0 Å². The monoisotopic (exact) mass is 147 g/mol. The van der Waals surface area contributed by atoms with Gasteiger partial charge in [0, 0.05) is 5.75 Å². The minimum Gasteiger partial charge on any atom is -0.386 e. The summed E-state index contributed by atoms with van der Waals surface area (Å²) in [6.07, 6.45) is 4.99. The second-order valence-corrected chi connectivity index (χ2v) is 2.88. The van der Waals surface area contributed by atoms with Crippen LogP contribution in [0.1, 0.15) is 32.6 Å². The van der Waals surface area contributed by atoms with E-state index in [1.165, 1.54) is 31.0 Å². The van der Waals surface area contributed by atoms with Gasteiger partial charge in [-0.2, -0.15) is 0 Å². The van der Waals surface area contributed by atoms with Crippen molar-refractivity contribution in [3.8, 4) is 0 Å². The number of aliphatic hydroxyl groups excluding tert-OH is 1. The van der Waals surface area contributed by atoms with Gasteiger partial charge < -0.3 is 5.11 Å². The van der Waals surface area contributed by atoms with Crippen LogP contribution in [0.25, 0.3) is 0 Å². The molecule has 1 N–H and O–H groups in total. The Kier molecular flexibility index (Phi) is 8.60. The lowest BCUT2D eigenvalue weighted by Gasteiger charge is -1.95. The van der Waals surface area contributed by atoms with Gasteiger partial charge in [-0.3, -0.25) is 0 Å². The van der Waals surface area contributed by atoms with Crippen molar-refractivity contribution in [2.75, 3.05) is 5.94 Å². The molecule has 1 radical (unpaired) electrons. The predicted octanol–water partition coefficient (Wildman–Crippen LogP) is 2.41. The van der Waals surface area contributed by atoms with Crippen LogP contribution in [0.5, 0.6) is 0 Å². The standard InChI is InChI=1S/C7H15OS/c1-2-3-4-5-6-9-7-8/h6,8H,2-5,7H2,1H3. The molecule has 0 aromatic carbocycles. The highest BCUT2D eigenvalue weighted by Crippen LogP contribution is 2.10. The third-order valence-electron chi connectivity index (χ3n) is 1.12. The van der Waals surface area contributed by atoms with Crippen molar-refractivity contribution >= 4 is 11.8 Å². The molecule has 2 heteroatoms. The molecule has 0 heterocycles. The van der Waals surface area contributed by atoms with Gasteiger partial charge >= 0.3 is 0 Å². The lowest BCUT2D eigenvalue weighted by atomic mass is 10.2. The molecule has 1 nitrogen and oxygen atoms in total. The molecular formula is C7H15OS. The number of aliphatic hydroxyl groups is 1. The van der Waals surface area contributed by atoms with Crippen LogP contribution in [0.2, 0.25) is 0 Å². The Labute approximate surface area is 61.8 Å². The first-order chi connectivity index (χ1) is 4.41. The van der Waals surface area contributed by atoms with Gasteiger partial charge in [0.25, 0.3) is 0 Å². The molecule has 0 unspecified atom stereocenters. The fourth-order valence-corrected chi connectivity index (χ4v) is 1.05. The maximum atomic E-state index is 8.35. The number of hydrogen-bond acceptors (Lipinski definition) is 2. The van der Waals surface area contributed by atoms with Crippen molar-refractivity contribution in [2.24, 2.45) is 0 Å². The van der Waals surface area contributed by atoms with Gasteiger partial charge in [-0.1, -0.05) is 26.2 Å². The number of thioether (sulfide) groups is 1. The quantitative estimate of drug-likeness (QED) is 0.460. The summed E-state index contributed by atoms with van der Waals surface area (Å²) in [5.74, 6) is 2.31. The Balaban J connectivity index is 2.60. The normalized spacial score (nSPS) is 10.0. The van der Waals surface area contributed by atoms with Gasteiger partial charge in [0.1, 0.15) is 0 Å². The zero-order valence-corrected chi connectivity index (χ0v) is 6.78. The smallest absolute Gasteiger partial charge is 0.0889 e. The van der Waals surface area contributed by atoms with Crippen LogP contribution < -0.4 is 0 Å². The van der Waals surface area contributed by atoms with E-state index in [-0.39, 0.29) is 5.94 Å². The molecular weight excluding hydrogens is 132 g/mol. The Morgan fingerprint density at radius 3 is 2.78 bits per heavy atom. The molecule has 0 aromatic rings. The van der Waals surface area contributed by atoms with Crippen LogP contribution in [0, 0.1) is 5.75 Å². The highest BCUT2D eigenvalue weighted by atomic mass is 32.2. The summed E-state index contributed by atoms with van der Waals surface area (Å²) in [5.41, 5.74) is 0. The third kappa shape index (κ3) is 8.31. The molecule has 0 saturated carbocycles. The minimum atomic E-state index is 0.228. The molecule has 0 aliphatic rings. The molecule has 0 aliphatic carbocycles. The lowest BCUT2D eigenvalue weighted by molar-refractivity contribution is 0.375. The Hall–Kier alpha value is 0.310. The van der Waals surface area contributed by atoms with Crippen molar-refractivity contribution in [3.63, 3.8) is 0 Å². The summed E-state index contributed by atoms with van der Waals surface area (Å²) in [6, 6.07) is 0. The van der Waals surface area contributed by atoms with Crippen LogP contribution in [-0.2, 0) is 0 Å². The Morgan fingerprint density at radius 1 is 1.44 bits per heavy atom. The molecule has 0 rings (SSSR count). The Bertz CT molecular complexity index is 42.2. The molecule has 0 bridgehead atoms. The minimum absolute atomic E-state index is 0.228. The summed E-state index contributed by atoms with van der Waals surface area (Å²) in [4.78, 5) is 0. The zero-order valence-electron chi connectivity index (χ0n) is 5.97. The fourth-order valence-electron chi connectivity index (χ4n) is 0.614. The van der Waals surface area contributed by atoms with Gasteiger partial charge in [0.05, 0.1) is 5.94 Å². The second kappa shape index (κ2) is 8.31. The number of unbranched alkanes of at least 4 members (excludes halogenated alkanes) is 3. The van der Waals surface area contributed by atoms with Crippen LogP contribution >= 0.6 is 11.8 Å². The molecule has 0 saturated heterocycles. The number of rotatable bonds is 6. The number of hydrogen-bond donors (Lipinski definition) is 1. The van der Waals surface area contributed by atoms with Gasteiger partial charge in [-0.25, -0.2) is 0 Å². The van der Waals surface area contributed by atoms with Crippen molar-refractivity contribution < 1.29 is 5.11 Å². The molecule has 0 atom stereocenters. The first-order valence-corrected chi connectivity index (χ1v) is 4.50. The van der Waals surface area contributed by atoms with E-state index in [4.69, 9.17) is 5.11 Å². The molecule has 0 spiro atoms. The molecule has 0 aliphatic heterocycles. The summed E-state index contributed by atoms with van der Waals surface area (Å²) < 4.78 is 0. The molecule has 0 aromatic heterocycles. The van der Waals surface area contributed by atoms with Crippen LogP contribution in [0.4, 0.5) is 0 Å². The molecule has 0 fully saturated rings. The largest absolute Gasteiger partial charge is 0.386 e. The third-order valence-corrected chi connectivity index (χ3v) is 1.74. The first-order valence-electron chi connectivity index (χ1n) is 3.46. The van der Waals surface area contributed by atoms with Crippen LogP contribution in [0.15, 0.2) is 0 Å². The first kappa shape index (κ1) is 9.31. The Morgan fingerprint density at radius 2 is 2.22 bits per heavy atom. The van der Waals surface area contributed by atoms with Gasteiger partial charge in [-0.15, -0.1) is 11.8 Å². The lowest BCUT2D eigenvalue weighted by Crippen LogP contribution is -1.76. The van der Waals surface area contributed by atoms with Crippen molar-refractivity contribution in [1.29, 1.82) is 0 Å². The topological polar surface area (TPSA) is 20.2 Å². The van der Waals surface area contributed by atoms with E-state index < -0.39 is 0 Å². The molecule has 0 amide bonds. The average Bonchev–Trinajstić information content (AvgIpc) is 1.89. The summed E-state index contributed by atoms with van der Waals surface area (Å²) in [6.45, 7) is 2.19. The van der Waals surface area contributed by atoms with Gasteiger partial charge in [0.2, 0.25) is 0 Å². The van der Waals surface area contributed by atoms with Gasteiger partial charge in [0.15, 0.2) is 0 Å². The maximum Gasteiger partial charge on any atom is 0.0889 e. The summed E-state index contributed by atoms with van der Waals surface area (Å²) in [5, 5.41) is 8.35. The van der Waals surface area contributed by atoms with Crippen molar-refractivity contribution in [1.82, 2.24) is 0 Å². The van der Waals surface area contributed by atoms with E-state index in [0.29, 0.717) is 0 Å². The van der Waals surface area contributed by atoms with E-state index in [1.54, 1.807) is 0 Å². The predicted molar refractivity (Wildman–Crippen MR) is 43.1 cm³/mol. The van der Waals surface area contributed by atoms with E-state index in [2.05, 4.69) is 12.7 Å². The second-order valence-electron chi connectivity index (χ2n) is 1.96. The average molecular weight is 147 g/mol. The molecule has 9 heavy (non-hydrogen) atoms. The van der Waals surface area contributed by atoms with E-state index in [1.807, 2.05) is 0 Å². The van der Waals surface area contributed by atoms with Crippen LogP contribution in [-0.4, -0.2) is 11.0 Å². The fraction of sp³-hybridized carbons (Fsp3) is 0.857. The van der Waals surface area contributed by atoms with E-state index in [9.17, 15) is 0 Å². The maximum absolute atomic E-state index is 8.35. The molecule has 55 valence electrons. The van der Waals surface area contributed by atoms with E-state index in [0.717, 1.165) is 6.42 Å². The highest BCUT2D eigenvalue weighted by Gasteiger charge is 1.86. The summed E-state index contributed by atoms with van der Waals surface area (Å²) in [7, 11) is 0. The zero-order chi connectivity index (χ0) is 6.95.